The normalized spacial score (nSPS) is 11.6. The molecule has 1 amide bonds. The Morgan fingerprint density at radius 1 is 1.38 bits per heavy atom. The Hall–Kier alpha value is -0.870. The molecule has 0 saturated heterocycles. The number of thioether (sulfide) groups is 1. The molecule has 5 heteroatoms. The number of rotatable bonds is 8. The molecule has 0 radical (unpaired) electrons. The molecule has 1 rings (SSSR count). The van der Waals surface area contributed by atoms with Crippen molar-refractivity contribution in [3.8, 4) is 0 Å². The molecule has 0 saturated carbocycles. The van der Waals surface area contributed by atoms with Gasteiger partial charge in [0.1, 0.15) is 0 Å². The number of aryl methyl sites for hydroxylation is 1. The second-order valence-electron chi connectivity index (χ2n) is 5.04. The molecule has 0 aliphatic heterocycles. The molecular weight excluding hydrogens is 304 g/mol. The summed E-state index contributed by atoms with van der Waals surface area (Å²) >= 11 is 1.92. The van der Waals surface area contributed by atoms with Gasteiger partial charge in [-0.25, -0.2) is 0 Å². The van der Waals surface area contributed by atoms with Gasteiger partial charge in [0.25, 0.3) is 0 Å². The van der Waals surface area contributed by atoms with Gasteiger partial charge in [-0.1, -0.05) is 25.1 Å². The zero-order valence-corrected chi connectivity index (χ0v) is 14.8. The molecule has 0 aliphatic carbocycles. The highest BCUT2D eigenvalue weighted by atomic mass is 35.5. The number of halogens is 1. The van der Waals surface area contributed by atoms with Gasteiger partial charge in [0.05, 0.1) is 0 Å². The summed E-state index contributed by atoms with van der Waals surface area (Å²) in [6, 6.07) is 8.05. The van der Waals surface area contributed by atoms with Crippen LogP contribution in [0.3, 0.4) is 0 Å². The van der Waals surface area contributed by atoms with Gasteiger partial charge in [-0.15, -0.1) is 12.4 Å². The number of nitrogen functional groups attached to an aromatic ring is 1. The van der Waals surface area contributed by atoms with Gasteiger partial charge < -0.3 is 10.6 Å². The van der Waals surface area contributed by atoms with E-state index in [-0.39, 0.29) is 18.3 Å². The maximum Gasteiger partial charge on any atom is 0.222 e. The molecule has 3 nitrogen and oxygen atoms in total. The number of para-hydroxylation sites is 1. The van der Waals surface area contributed by atoms with Crippen molar-refractivity contribution < 1.29 is 4.79 Å². The largest absolute Gasteiger partial charge is 0.399 e. The summed E-state index contributed by atoms with van der Waals surface area (Å²) < 4.78 is 0. The van der Waals surface area contributed by atoms with E-state index >= 15 is 0 Å². The quantitative estimate of drug-likeness (QED) is 0.585. The van der Waals surface area contributed by atoms with Gasteiger partial charge in [0, 0.05) is 25.2 Å². The summed E-state index contributed by atoms with van der Waals surface area (Å²) in [5, 5.41) is 0. The van der Waals surface area contributed by atoms with Gasteiger partial charge in [-0.2, -0.15) is 11.8 Å². The minimum Gasteiger partial charge on any atom is -0.399 e. The summed E-state index contributed by atoms with van der Waals surface area (Å²) in [6.07, 6.45) is 2.29. The molecule has 0 aliphatic rings. The van der Waals surface area contributed by atoms with Crippen LogP contribution in [0.4, 0.5) is 5.69 Å². The van der Waals surface area contributed by atoms with E-state index < -0.39 is 0 Å². The predicted octanol–water partition coefficient (Wildman–Crippen LogP) is 3.61. The Balaban J connectivity index is 0.00000400. The lowest BCUT2D eigenvalue weighted by Gasteiger charge is -2.25. The van der Waals surface area contributed by atoms with Crippen molar-refractivity contribution in [2.24, 2.45) is 0 Å². The minimum absolute atomic E-state index is 0. The summed E-state index contributed by atoms with van der Waals surface area (Å²) in [4.78, 5) is 14.1. The molecule has 21 heavy (non-hydrogen) atoms. The summed E-state index contributed by atoms with van der Waals surface area (Å²) in [7, 11) is 1.90. The van der Waals surface area contributed by atoms with Crippen molar-refractivity contribution in [3.63, 3.8) is 0 Å². The average molecular weight is 331 g/mol. The standard InChI is InChI=1S/C16H26N2OS.ClH/c1-4-20-12-11-13(2)18(3)16(19)10-9-14-7-5-6-8-15(14)17;/h5-8,13H,4,9-12,17H2,1-3H3;1H. The molecule has 1 unspecified atom stereocenters. The van der Waals surface area contributed by atoms with Crippen LogP contribution in [0.2, 0.25) is 0 Å². The van der Waals surface area contributed by atoms with Crippen LogP contribution in [-0.2, 0) is 11.2 Å². The molecule has 0 bridgehead atoms. The van der Waals surface area contributed by atoms with Gasteiger partial charge in [0.2, 0.25) is 5.91 Å². The number of carbonyl (C=O) groups excluding carboxylic acids is 1. The molecule has 0 aromatic heterocycles. The Morgan fingerprint density at radius 2 is 2.05 bits per heavy atom. The Labute approximate surface area is 139 Å². The van der Waals surface area contributed by atoms with E-state index in [0.29, 0.717) is 18.9 Å². The Kier molecular flexibility index (Phi) is 10.4. The lowest BCUT2D eigenvalue weighted by Crippen LogP contribution is -2.35. The fraction of sp³-hybridized carbons (Fsp3) is 0.562. The van der Waals surface area contributed by atoms with Crippen LogP contribution in [0.5, 0.6) is 0 Å². The first-order valence-electron chi connectivity index (χ1n) is 7.23. The van der Waals surface area contributed by atoms with Crippen LogP contribution < -0.4 is 5.73 Å². The molecule has 1 aromatic carbocycles. The second-order valence-corrected chi connectivity index (χ2v) is 6.43. The highest BCUT2D eigenvalue weighted by molar-refractivity contribution is 7.99. The zero-order valence-electron chi connectivity index (χ0n) is 13.2. The number of hydrogen-bond acceptors (Lipinski definition) is 3. The molecule has 1 atom stereocenters. The first-order chi connectivity index (χ1) is 9.56. The van der Waals surface area contributed by atoms with Crippen molar-refractivity contribution in [2.45, 2.75) is 39.2 Å². The van der Waals surface area contributed by atoms with E-state index in [1.54, 1.807) is 0 Å². The highest BCUT2D eigenvalue weighted by Crippen LogP contribution is 2.14. The molecular formula is C16H27ClN2OS. The SMILES string of the molecule is CCSCCC(C)N(C)C(=O)CCc1ccccc1N.Cl. The zero-order chi connectivity index (χ0) is 15.0. The maximum absolute atomic E-state index is 12.2. The number of benzene rings is 1. The molecule has 1 aromatic rings. The van der Waals surface area contributed by atoms with Gasteiger partial charge >= 0.3 is 0 Å². The lowest BCUT2D eigenvalue weighted by molar-refractivity contribution is -0.131. The van der Waals surface area contributed by atoms with Crippen LogP contribution >= 0.6 is 24.2 Å². The van der Waals surface area contributed by atoms with Gasteiger partial charge in [-0.3, -0.25) is 4.79 Å². The fourth-order valence-electron chi connectivity index (χ4n) is 2.02. The van der Waals surface area contributed by atoms with E-state index in [2.05, 4.69) is 13.8 Å². The van der Waals surface area contributed by atoms with Gasteiger partial charge in [0.15, 0.2) is 0 Å². The van der Waals surface area contributed by atoms with Crippen molar-refractivity contribution in [1.29, 1.82) is 0 Å². The van der Waals surface area contributed by atoms with Gasteiger partial charge in [-0.05, 0) is 42.9 Å². The number of anilines is 1. The van der Waals surface area contributed by atoms with E-state index in [1.807, 2.05) is 48.0 Å². The lowest BCUT2D eigenvalue weighted by atomic mass is 10.1. The van der Waals surface area contributed by atoms with E-state index in [9.17, 15) is 4.79 Å². The van der Waals surface area contributed by atoms with E-state index in [0.717, 1.165) is 29.2 Å². The third kappa shape index (κ3) is 7.09. The van der Waals surface area contributed by atoms with Crippen LogP contribution in [0.25, 0.3) is 0 Å². The minimum atomic E-state index is 0. The fourth-order valence-corrected chi connectivity index (χ4v) is 2.81. The third-order valence-electron chi connectivity index (χ3n) is 3.60. The van der Waals surface area contributed by atoms with Crippen molar-refractivity contribution in [1.82, 2.24) is 4.90 Å². The predicted molar refractivity (Wildman–Crippen MR) is 96.3 cm³/mol. The maximum atomic E-state index is 12.2. The molecule has 0 fully saturated rings. The smallest absolute Gasteiger partial charge is 0.222 e. The number of hydrogen-bond donors (Lipinski definition) is 1. The average Bonchev–Trinajstić information content (AvgIpc) is 2.45. The second kappa shape index (κ2) is 10.8. The topological polar surface area (TPSA) is 46.3 Å². The van der Waals surface area contributed by atoms with Crippen LogP contribution in [0.15, 0.2) is 24.3 Å². The molecule has 120 valence electrons. The highest BCUT2D eigenvalue weighted by Gasteiger charge is 2.15. The first-order valence-corrected chi connectivity index (χ1v) is 8.38. The molecule has 2 N–H and O–H groups in total. The Morgan fingerprint density at radius 3 is 2.67 bits per heavy atom. The van der Waals surface area contributed by atoms with E-state index in [4.69, 9.17) is 5.73 Å². The third-order valence-corrected chi connectivity index (χ3v) is 4.53. The molecule has 0 spiro atoms. The summed E-state index contributed by atoms with van der Waals surface area (Å²) in [6.45, 7) is 4.28. The number of carbonyl (C=O) groups is 1. The number of nitrogens with two attached hydrogens (primary N) is 1. The van der Waals surface area contributed by atoms with Crippen molar-refractivity contribution in [3.05, 3.63) is 29.8 Å². The van der Waals surface area contributed by atoms with Crippen LogP contribution in [0, 0.1) is 0 Å². The number of amides is 1. The van der Waals surface area contributed by atoms with Crippen molar-refractivity contribution >= 4 is 35.8 Å². The van der Waals surface area contributed by atoms with E-state index in [1.165, 1.54) is 0 Å². The van der Waals surface area contributed by atoms with Crippen LogP contribution in [0.1, 0.15) is 32.3 Å². The molecule has 0 heterocycles. The summed E-state index contributed by atoms with van der Waals surface area (Å²) in [5.74, 6) is 2.45. The monoisotopic (exact) mass is 330 g/mol. The first kappa shape index (κ1) is 20.1. The summed E-state index contributed by atoms with van der Waals surface area (Å²) in [5.41, 5.74) is 7.73. The van der Waals surface area contributed by atoms with Crippen molar-refractivity contribution in [2.75, 3.05) is 24.3 Å². The number of nitrogens with zero attached hydrogens (tertiary/aromatic N) is 1. The van der Waals surface area contributed by atoms with Crippen LogP contribution in [-0.4, -0.2) is 35.4 Å². The Bertz CT molecular complexity index is 428.